The largest absolute Gasteiger partial charge is 0.120 e. The molecule has 0 bridgehead atoms. The normalized spacial score (nSPS) is 8.36. The monoisotopic (exact) mass is 197 g/mol. The second-order valence-electron chi connectivity index (χ2n) is 2.72. The van der Waals surface area contributed by atoms with E-state index in [0.29, 0.717) is 0 Å². The van der Waals surface area contributed by atoms with Crippen molar-refractivity contribution in [2.24, 2.45) is 0 Å². The van der Waals surface area contributed by atoms with Gasteiger partial charge in [-0.3, -0.25) is 0 Å². The van der Waals surface area contributed by atoms with Crippen molar-refractivity contribution in [3.05, 3.63) is 0 Å². The zero-order valence-electron chi connectivity index (χ0n) is 7.36. The maximum Gasteiger partial charge on any atom is 0.00860 e. The van der Waals surface area contributed by atoms with Gasteiger partial charge in [-0.1, -0.05) is 39.0 Å². The Labute approximate surface area is 81.3 Å². The van der Waals surface area contributed by atoms with Gasteiger partial charge in [-0.05, 0) is 6.42 Å². The van der Waals surface area contributed by atoms with Crippen LogP contribution in [-0.4, -0.2) is 0 Å². The van der Waals surface area contributed by atoms with E-state index in [2.05, 4.69) is 12.8 Å². The van der Waals surface area contributed by atoms with Crippen molar-refractivity contribution in [2.75, 3.05) is 0 Å². The first-order valence-corrected chi connectivity index (χ1v) is 4.35. The van der Waals surface area contributed by atoms with Crippen LogP contribution in [0.3, 0.4) is 0 Å². The molecular formula is C10H18Co. The summed E-state index contributed by atoms with van der Waals surface area (Å²) in [6.45, 7) is 2.24. The Bertz CT molecular complexity index is 91.5. The summed E-state index contributed by atoms with van der Waals surface area (Å²) in [7, 11) is 0. The molecule has 0 atom stereocenters. The van der Waals surface area contributed by atoms with E-state index in [-0.39, 0.29) is 16.8 Å². The van der Waals surface area contributed by atoms with E-state index in [1.165, 1.54) is 38.5 Å². The SMILES string of the molecule is C#CCCCCCCCC.[Co]. The molecule has 0 N–H and O–H groups in total. The van der Waals surface area contributed by atoms with E-state index >= 15 is 0 Å². The molecule has 0 aliphatic carbocycles. The van der Waals surface area contributed by atoms with Crippen LogP contribution in [-0.2, 0) is 16.8 Å². The molecule has 0 fully saturated rings. The molecule has 0 nitrogen and oxygen atoms in total. The first-order valence-electron chi connectivity index (χ1n) is 4.35. The molecule has 0 aliphatic rings. The van der Waals surface area contributed by atoms with Gasteiger partial charge in [0.15, 0.2) is 0 Å². The van der Waals surface area contributed by atoms with Gasteiger partial charge < -0.3 is 0 Å². The molecule has 0 saturated heterocycles. The molecule has 0 saturated carbocycles. The third-order valence-corrected chi connectivity index (χ3v) is 1.67. The van der Waals surface area contributed by atoms with Gasteiger partial charge in [0.05, 0.1) is 0 Å². The van der Waals surface area contributed by atoms with E-state index in [1.807, 2.05) is 0 Å². The molecule has 67 valence electrons. The third-order valence-electron chi connectivity index (χ3n) is 1.67. The molecule has 0 aromatic carbocycles. The van der Waals surface area contributed by atoms with E-state index in [9.17, 15) is 0 Å². The summed E-state index contributed by atoms with van der Waals surface area (Å²) in [5.74, 6) is 2.66. The number of terminal acetylenes is 1. The van der Waals surface area contributed by atoms with Crippen molar-refractivity contribution in [3.8, 4) is 12.3 Å². The van der Waals surface area contributed by atoms with Gasteiger partial charge in [-0.2, -0.15) is 0 Å². The summed E-state index contributed by atoms with van der Waals surface area (Å²) >= 11 is 0. The van der Waals surface area contributed by atoms with Crippen molar-refractivity contribution in [3.63, 3.8) is 0 Å². The van der Waals surface area contributed by atoms with Crippen molar-refractivity contribution >= 4 is 0 Å². The summed E-state index contributed by atoms with van der Waals surface area (Å²) in [6.07, 6.45) is 14.1. The maximum absolute atomic E-state index is 5.12. The van der Waals surface area contributed by atoms with E-state index in [0.717, 1.165) is 6.42 Å². The Balaban J connectivity index is 0. The number of unbranched alkanes of at least 4 members (excludes halogenated alkanes) is 6. The van der Waals surface area contributed by atoms with Crippen molar-refractivity contribution in [1.29, 1.82) is 0 Å². The number of hydrogen-bond donors (Lipinski definition) is 0. The zero-order chi connectivity index (χ0) is 7.66. The van der Waals surface area contributed by atoms with E-state index < -0.39 is 0 Å². The van der Waals surface area contributed by atoms with Gasteiger partial charge in [-0.15, -0.1) is 12.3 Å². The Morgan fingerprint density at radius 1 is 1.00 bits per heavy atom. The average Bonchev–Trinajstić information content (AvgIpc) is 1.97. The predicted molar refractivity (Wildman–Crippen MR) is 46.8 cm³/mol. The molecule has 0 unspecified atom stereocenters. The van der Waals surface area contributed by atoms with Gasteiger partial charge in [0, 0.05) is 23.2 Å². The first kappa shape index (κ1) is 13.6. The van der Waals surface area contributed by atoms with Crippen LogP contribution in [0, 0.1) is 12.3 Å². The van der Waals surface area contributed by atoms with Gasteiger partial charge in [-0.25, -0.2) is 0 Å². The minimum absolute atomic E-state index is 0. The molecule has 0 aliphatic heterocycles. The van der Waals surface area contributed by atoms with Gasteiger partial charge in [0.2, 0.25) is 0 Å². The van der Waals surface area contributed by atoms with Crippen LogP contribution in [0.1, 0.15) is 51.9 Å². The number of hydrogen-bond acceptors (Lipinski definition) is 0. The standard InChI is InChI=1S/C10H18.Co/c1-3-5-7-9-10-8-6-4-2;/h1H,4-10H2,2H3;. The fraction of sp³-hybridized carbons (Fsp3) is 0.800. The van der Waals surface area contributed by atoms with Gasteiger partial charge in [0.25, 0.3) is 0 Å². The smallest absolute Gasteiger partial charge is 0.00860 e. The molecule has 11 heavy (non-hydrogen) atoms. The second-order valence-corrected chi connectivity index (χ2v) is 2.72. The Morgan fingerprint density at radius 2 is 1.55 bits per heavy atom. The van der Waals surface area contributed by atoms with Gasteiger partial charge >= 0.3 is 0 Å². The molecule has 0 amide bonds. The quantitative estimate of drug-likeness (QED) is 0.452. The fourth-order valence-electron chi connectivity index (χ4n) is 1.01. The maximum atomic E-state index is 5.12. The Morgan fingerprint density at radius 3 is 2.09 bits per heavy atom. The van der Waals surface area contributed by atoms with Crippen LogP contribution in [0.2, 0.25) is 0 Å². The molecule has 0 spiro atoms. The molecule has 0 aromatic heterocycles. The van der Waals surface area contributed by atoms with Crippen LogP contribution in [0.4, 0.5) is 0 Å². The minimum Gasteiger partial charge on any atom is -0.120 e. The summed E-state index contributed by atoms with van der Waals surface area (Å²) in [6, 6.07) is 0. The molecule has 0 aromatic rings. The summed E-state index contributed by atoms with van der Waals surface area (Å²) in [4.78, 5) is 0. The van der Waals surface area contributed by atoms with Crippen LogP contribution in [0.15, 0.2) is 0 Å². The third kappa shape index (κ3) is 13.1. The fourth-order valence-corrected chi connectivity index (χ4v) is 1.01. The van der Waals surface area contributed by atoms with E-state index in [4.69, 9.17) is 6.42 Å². The number of rotatable bonds is 6. The van der Waals surface area contributed by atoms with Crippen molar-refractivity contribution in [2.45, 2.75) is 51.9 Å². The minimum atomic E-state index is 0. The van der Waals surface area contributed by atoms with Crippen LogP contribution in [0.5, 0.6) is 0 Å². The predicted octanol–water partition coefficient (Wildman–Crippen LogP) is 3.37. The van der Waals surface area contributed by atoms with Crippen LogP contribution >= 0.6 is 0 Å². The van der Waals surface area contributed by atoms with Crippen molar-refractivity contribution < 1.29 is 16.8 Å². The van der Waals surface area contributed by atoms with Crippen molar-refractivity contribution in [1.82, 2.24) is 0 Å². The zero-order valence-corrected chi connectivity index (χ0v) is 8.40. The van der Waals surface area contributed by atoms with Crippen LogP contribution < -0.4 is 0 Å². The topological polar surface area (TPSA) is 0 Å². The second kappa shape index (κ2) is 12.7. The molecule has 1 heteroatoms. The molecule has 1 radical (unpaired) electrons. The summed E-state index contributed by atoms with van der Waals surface area (Å²) < 4.78 is 0. The summed E-state index contributed by atoms with van der Waals surface area (Å²) in [5.41, 5.74) is 0. The van der Waals surface area contributed by atoms with E-state index in [1.54, 1.807) is 0 Å². The van der Waals surface area contributed by atoms with Crippen LogP contribution in [0.25, 0.3) is 0 Å². The molecule has 0 rings (SSSR count). The molecular weight excluding hydrogens is 179 g/mol. The summed E-state index contributed by atoms with van der Waals surface area (Å²) in [5, 5.41) is 0. The first-order chi connectivity index (χ1) is 4.91. The molecule has 0 heterocycles. The average molecular weight is 197 g/mol. The Hall–Kier alpha value is 0.0665. The Kier molecular flexibility index (Phi) is 15.8. The van der Waals surface area contributed by atoms with Gasteiger partial charge in [0.1, 0.15) is 0 Å².